The van der Waals surface area contributed by atoms with E-state index in [4.69, 9.17) is 4.74 Å². The molecule has 0 saturated carbocycles. The second-order valence-electron chi connectivity index (χ2n) is 5.75. The van der Waals surface area contributed by atoms with Gasteiger partial charge in [-0.3, -0.25) is 9.80 Å². The Hall–Kier alpha value is -0.160. The van der Waals surface area contributed by atoms with Crippen molar-refractivity contribution in [2.75, 3.05) is 39.3 Å². The topological polar surface area (TPSA) is 35.9 Å². The Labute approximate surface area is 98.2 Å². The molecule has 0 aromatic carbocycles. The van der Waals surface area contributed by atoms with Gasteiger partial charge in [-0.1, -0.05) is 0 Å². The Morgan fingerprint density at radius 3 is 2.69 bits per heavy atom. The summed E-state index contributed by atoms with van der Waals surface area (Å²) in [6, 6.07) is 0.603. The number of β-amino-alcohol motifs (C(OH)–C–C–N with tert-alkyl or cyclic N) is 1. The fourth-order valence-corrected chi connectivity index (χ4v) is 2.66. The van der Waals surface area contributed by atoms with Gasteiger partial charge in [0.2, 0.25) is 0 Å². The Morgan fingerprint density at radius 1 is 1.44 bits per heavy atom. The van der Waals surface area contributed by atoms with Crippen LogP contribution in [0.1, 0.15) is 20.8 Å². The summed E-state index contributed by atoms with van der Waals surface area (Å²) in [6.07, 6.45) is 0.312. The molecule has 1 N–H and O–H groups in total. The molecule has 0 aliphatic carbocycles. The highest BCUT2D eigenvalue weighted by Gasteiger charge is 2.38. The highest BCUT2D eigenvalue weighted by atomic mass is 16.5. The lowest BCUT2D eigenvalue weighted by atomic mass is 9.96. The van der Waals surface area contributed by atoms with E-state index in [1.807, 2.05) is 6.92 Å². The predicted molar refractivity (Wildman–Crippen MR) is 63.5 cm³/mol. The second-order valence-corrected chi connectivity index (χ2v) is 5.75. The maximum absolute atomic E-state index is 9.66. The standard InChI is InChI=1S/C12H24N2O2/c1-10(2)14-4-5-16-11(7-14)6-13-8-12(3,15)9-13/h10-11,15H,4-9H2,1-3H3. The van der Waals surface area contributed by atoms with Crippen LogP contribution in [0.25, 0.3) is 0 Å². The summed E-state index contributed by atoms with van der Waals surface area (Å²) in [7, 11) is 0. The molecule has 4 heteroatoms. The molecule has 0 amide bonds. The average Bonchev–Trinajstić information content (AvgIpc) is 2.15. The SMILES string of the molecule is CC(C)N1CCOC(CN2CC(C)(O)C2)C1. The maximum atomic E-state index is 9.66. The van der Waals surface area contributed by atoms with Gasteiger partial charge in [-0.2, -0.15) is 0 Å². The largest absolute Gasteiger partial charge is 0.388 e. The molecule has 2 heterocycles. The van der Waals surface area contributed by atoms with Crippen molar-refractivity contribution in [3.05, 3.63) is 0 Å². The molecule has 2 rings (SSSR count). The highest BCUT2D eigenvalue weighted by Crippen LogP contribution is 2.21. The summed E-state index contributed by atoms with van der Waals surface area (Å²) in [4.78, 5) is 4.74. The average molecular weight is 228 g/mol. The zero-order valence-electron chi connectivity index (χ0n) is 10.6. The van der Waals surface area contributed by atoms with Crippen molar-refractivity contribution in [3.63, 3.8) is 0 Å². The van der Waals surface area contributed by atoms with Crippen molar-refractivity contribution in [1.29, 1.82) is 0 Å². The molecule has 1 atom stereocenters. The van der Waals surface area contributed by atoms with Gasteiger partial charge in [-0.25, -0.2) is 0 Å². The molecule has 16 heavy (non-hydrogen) atoms. The van der Waals surface area contributed by atoms with Crippen LogP contribution in [-0.2, 0) is 4.74 Å². The van der Waals surface area contributed by atoms with Crippen LogP contribution in [-0.4, -0.2) is 72.0 Å². The fraction of sp³-hybridized carbons (Fsp3) is 1.00. The van der Waals surface area contributed by atoms with Crippen molar-refractivity contribution < 1.29 is 9.84 Å². The zero-order valence-corrected chi connectivity index (χ0v) is 10.6. The van der Waals surface area contributed by atoms with E-state index in [-0.39, 0.29) is 0 Å². The molecule has 0 aromatic rings. The first-order valence-electron chi connectivity index (χ1n) is 6.27. The summed E-state index contributed by atoms with van der Waals surface area (Å²) in [5.74, 6) is 0. The number of hydrogen-bond donors (Lipinski definition) is 1. The third-order valence-corrected chi connectivity index (χ3v) is 3.49. The number of likely N-dealkylation sites (tertiary alicyclic amines) is 1. The van der Waals surface area contributed by atoms with Gasteiger partial charge in [0.05, 0.1) is 18.3 Å². The third-order valence-electron chi connectivity index (χ3n) is 3.49. The number of rotatable bonds is 3. The Morgan fingerprint density at radius 2 is 2.12 bits per heavy atom. The molecule has 2 aliphatic heterocycles. The smallest absolute Gasteiger partial charge is 0.0872 e. The summed E-state index contributed by atoms with van der Waals surface area (Å²) in [5, 5.41) is 9.66. The van der Waals surface area contributed by atoms with E-state index >= 15 is 0 Å². The monoisotopic (exact) mass is 228 g/mol. The van der Waals surface area contributed by atoms with Crippen LogP contribution in [0, 0.1) is 0 Å². The van der Waals surface area contributed by atoms with E-state index in [1.54, 1.807) is 0 Å². The number of ether oxygens (including phenoxy) is 1. The van der Waals surface area contributed by atoms with E-state index in [0.717, 1.165) is 39.3 Å². The van der Waals surface area contributed by atoms with E-state index in [0.29, 0.717) is 12.1 Å². The van der Waals surface area contributed by atoms with Gasteiger partial charge in [0.15, 0.2) is 0 Å². The molecule has 1 unspecified atom stereocenters. The molecule has 2 saturated heterocycles. The van der Waals surface area contributed by atoms with Crippen molar-refractivity contribution in [2.45, 2.75) is 38.5 Å². The number of hydrogen-bond acceptors (Lipinski definition) is 4. The molecule has 0 radical (unpaired) electrons. The first-order valence-corrected chi connectivity index (χ1v) is 6.27. The molecule has 2 aliphatic rings. The Balaban J connectivity index is 1.74. The highest BCUT2D eigenvalue weighted by molar-refractivity contribution is 4.93. The normalized spacial score (nSPS) is 31.7. The quantitative estimate of drug-likeness (QED) is 0.746. The first kappa shape index (κ1) is 12.3. The van der Waals surface area contributed by atoms with Crippen LogP contribution in [0.4, 0.5) is 0 Å². The van der Waals surface area contributed by atoms with Crippen LogP contribution in [0.5, 0.6) is 0 Å². The maximum Gasteiger partial charge on any atom is 0.0872 e. The summed E-state index contributed by atoms with van der Waals surface area (Å²) < 4.78 is 5.77. The van der Waals surface area contributed by atoms with Gasteiger partial charge in [0, 0.05) is 38.8 Å². The van der Waals surface area contributed by atoms with Gasteiger partial charge >= 0.3 is 0 Å². The minimum Gasteiger partial charge on any atom is -0.388 e. The van der Waals surface area contributed by atoms with Crippen LogP contribution >= 0.6 is 0 Å². The molecule has 0 spiro atoms. The van der Waals surface area contributed by atoms with Crippen LogP contribution in [0.3, 0.4) is 0 Å². The lowest BCUT2D eigenvalue weighted by Crippen LogP contribution is -2.62. The third kappa shape index (κ3) is 2.94. The minimum atomic E-state index is -0.466. The molecule has 4 nitrogen and oxygen atoms in total. The first-order chi connectivity index (χ1) is 7.46. The van der Waals surface area contributed by atoms with Crippen molar-refractivity contribution in [3.8, 4) is 0 Å². The molecule has 0 bridgehead atoms. The Bertz CT molecular complexity index is 235. The van der Waals surface area contributed by atoms with Gasteiger partial charge < -0.3 is 9.84 Å². The predicted octanol–water partition coefficient (Wildman–Crippen LogP) is 0.162. The van der Waals surface area contributed by atoms with Crippen molar-refractivity contribution in [2.24, 2.45) is 0 Å². The molecule has 94 valence electrons. The minimum absolute atomic E-state index is 0.312. The van der Waals surface area contributed by atoms with Gasteiger partial charge in [-0.05, 0) is 20.8 Å². The number of nitrogens with zero attached hydrogens (tertiary/aromatic N) is 2. The van der Waals surface area contributed by atoms with E-state index < -0.39 is 5.60 Å². The van der Waals surface area contributed by atoms with Crippen molar-refractivity contribution >= 4 is 0 Å². The summed E-state index contributed by atoms with van der Waals surface area (Å²) in [5.41, 5.74) is -0.466. The second kappa shape index (κ2) is 4.61. The Kier molecular flexibility index (Phi) is 3.54. The van der Waals surface area contributed by atoms with Crippen molar-refractivity contribution in [1.82, 2.24) is 9.80 Å². The van der Waals surface area contributed by atoms with Gasteiger partial charge in [0.25, 0.3) is 0 Å². The number of morpholine rings is 1. The molecular formula is C12H24N2O2. The summed E-state index contributed by atoms with van der Waals surface area (Å²) >= 11 is 0. The van der Waals surface area contributed by atoms with Gasteiger partial charge in [0.1, 0.15) is 0 Å². The van der Waals surface area contributed by atoms with E-state index in [1.165, 1.54) is 0 Å². The molecule has 0 aromatic heterocycles. The fourth-order valence-electron chi connectivity index (χ4n) is 2.66. The van der Waals surface area contributed by atoms with Gasteiger partial charge in [-0.15, -0.1) is 0 Å². The lowest BCUT2D eigenvalue weighted by Gasteiger charge is -2.47. The van der Waals surface area contributed by atoms with Crippen LogP contribution in [0.2, 0.25) is 0 Å². The molecule has 2 fully saturated rings. The lowest BCUT2D eigenvalue weighted by molar-refractivity contribution is -0.117. The van der Waals surface area contributed by atoms with E-state index in [2.05, 4.69) is 23.6 Å². The van der Waals surface area contributed by atoms with E-state index in [9.17, 15) is 5.11 Å². The molecular weight excluding hydrogens is 204 g/mol. The van der Waals surface area contributed by atoms with Crippen LogP contribution < -0.4 is 0 Å². The van der Waals surface area contributed by atoms with Crippen LogP contribution in [0.15, 0.2) is 0 Å². The zero-order chi connectivity index (χ0) is 11.8. The number of aliphatic hydroxyl groups is 1. The summed E-state index contributed by atoms with van der Waals surface area (Å²) in [6.45, 7) is 11.8.